The molecule has 2 aromatic carbocycles. The predicted octanol–water partition coefficient (Wildman–Crippen LogP) is 2.45. The zero-order valence-corrected chi connectivity index (χ0v) is 13.1. The summed E-state index contributed by atoms with van der Waals surface area (Å²) in [5.41, 5.74) is 10.3. The second-order valence-electron chi connectivity index (χ2n) is 6.06. The van der Waals surface area contributed by atoms with Crippen molar-refractivity contribution in [2.75, 3.05) is 11.7 Å². The lowest BCUT2D eigenvalue weighted by molar-refractivity contribution is -0.126. The van der Waals surface area contributed by atoms with Crippen molar-refractivity contribution in [3.63, 3.8) is 0 Å². The number of hydrogen-bond donors (Lipinski definition) is 1. The first-order valence-electron chi connectivity index (χ1n) is 7.62. The number of hydrogen-bond acceptors (Lipinski definition) is 4. The van der Waals surface area contributed by atoms with E-state index in [1.54, 1.807) is 4.90 Å². The number of rotatable bonds is 2. The summed E-state index contributed by atoms with van der Waals surface area (Å²) < 4.78 is 10.8. The Balaban J connectivity index is 1.72. The SMILES string of the molecule is Cc1ccc(N2C(=O)[C@@H](N)[C@H]2c2ccc3c(c2)OCO3)cc1C. The molecule has 5 nitrogen and oxygen atoms in total. The molecule has 2 aromatic rings. The molecule has 118 valence electrons. The topological polar surface area (TPSA) is 64.8 Å². The zero-order valence-electron chi connectivity index (χ0n) is 13.1. The minimum atomic E-state index is -0.531. The van der Waals surface area contributed by atoms with E-state index in [1.807, 2.05) is 43.3 Å². The van der Waals surface area contributed by atoms with Gasteiger partial charge >= 0.3 is 0 Å². The molecule has 2 aliphatic heterocycles. The molecule has 4 rings (SSSR count). The Morgan fingerprint density at radius 1 is 1.04 bits per heavy atom. The summed E-state index contributed by atoms with van der Waals surface area (Å²) in [5, 5.41) is 0. The fourth-order valence-corrected chi connectivity index (χ4v) is 3.13. The Hall–Kier alpha value is -2.53. The first-order valence-corrected chi connectivity index (χ1v) is 7.62. The number of carbonyl (C=O) groups excluding carboxylic acids is 1. The summed E-state index contributed by atoms with van der Waals surface area (Å²) in [6, 6.07) is 11.0. The molecule has 0 aliphatic carbocycles. The van der Waals surface area contributed by atoms with Crippen LogP contribution in [0.5, 0.6) is 11.5 Å². The van der Waals surface area contributed by atoms with Crippen LogP contribution in [0, 0.1) is 13.8 Å². The van der Waals surface area contributed by atoms with E-state index in [9.17, 15) is 4.79 Å². The van der Waals surface area contributed by atoms with E-state index in [2.05, 4.69) is 6.92 Å². The van der Waals surface area contributed by atoms with Gasteiger partial charge in [0.2, 0.25) is 12.7 Å². The smallest absolute Gasteiger partial charge is 0.247 e. The second-order valence-corrected chi connectivity index (χ2v) is 6.06. The molecule has 1 amide bonds. The van der Waals surface area contributed by atoms with Crippen LogP contribution >= 0.6 is 0 Å². The van der Waals surface area contributed by atoms with Gasteiger partial charge in [0.1, 0.15) is 6.04 Å². The van der Waals surface area contributed by atoms with Gasteiger partial charge in [-0.1, -0.05) is 12.1 Å². The van der Waals surface area contributed by atoms with Crippen LogP contribution in [-0.2, 0) is 4.79 Å². The second kappa shape index (κ2) is 4.99. The molecule has 2 atom stereocenters. The van der Waals surface area contributed by atoms with Crippen LogP contribution in [0.15, 0.2) is 36.4 Å². The highest BCUT2D eigenvalue weighted by atomic mass is 16.7. The average Bonchev–Trinajstić information content (AvgIpc) is 3.02. The number of β-lactam (4-membered cyclic amide) rings is 1. The molecule has 1 fully saturated rings. The molecule has 0 aromatic heterocycles. The van der Waals surface area contributed by atoms with Gasteiger partial charge in [0.15, 0.2) is 11.5 Å². The summed E-state index contributed by atoms with van der Waals surface area (Å²) in [7, 11) is 0. The number of fused-ring (bicyclic) bond motifs is 1. The highest BCUT2D eigenvalue weighted by Crippen LogP contribution is 2.42. The normalized spacial score (nSPS) is 22.2. The van der Waals surface area contributed by atoms with Crippen molar-refractivity contribution in [3.8, 4) is 11.5 Å². The van der Waals surface area contributed by atoms with Crippen molar-refractivity contribution in [1.82, 2.24) is 0 Å². The van der Waals surface area contributed by atoms with E-state index in [1.165, 1.54) is 5.56 Å². The molecule has 5 heteroatoms. The molecular formula is C18H18N2O3. The number of nitrogens with two attached hydrogens (primary N) is 1. The van der Waals surface area contributed by atoms with Crippen LogP contribution in [0.3, 0.4) is 0 Å². The molecule has 2 N–H and O–H groups in total. The first-order chi connectivity index (χ1) is 11.1. The summed E-state index contributed by atoms with van der Waals surface area (Å²) >= 11 is 0. The van der Waals surface area contributed by atoms with Crippen molar-refractivity contribution < 1.29 is 14.3 Å². The lowest BCUT2D eigenvalue weighted by atomic mass is 9.88. The van der Waals surface area contributed by atoms with Crippen LogP contribution in [0.4, 0.5) is 5.69 Å². The van der Waals surface area contributed by atoms with Gasteiger partial charge in [0, 0.05) is 5.69 Å². The van der Waals surface area contributed by atoms with Crippen LogP contribution in [0.2, 0.25) is 0 Å². The fourth-order valence-electron chi connectivity index (χ4n) is 3.13. The zero-order chi connectivity index (χ0) is 16.1. The van der Waals surface area contributed by atoms with Gasteiger partial charge in [-0.3, -0.25) is 4.79 Å². The number of amides is 1. The summed E-state index contributed by atoms with van der Waals surface area (Å²) in [6.07, 6.45) is 0. The molecule has 0 spiro atoms. The van der Waals surface area contributed by atoms with E-state index in [-0.39, 0.29) is 18.7 Å². The maximum absolute atomic E-state index is 12.3. The Labute approximate surface area is 134 Å². The molecule has 0 saturated carbocycles. The molecule has 23 heavy (non-hydrogen) atoms. The highest BCUT2D eigenvalue weighted by Gasteiger charge is 2.47. The van der Waals surface area contributed by atoms with Crippen molar-refractivity contribution in [2.45, 2.75) is 25.9 Å². The maximum atomic E-state index is 12.3. The Morgan fingerprint density at radius 2 is 1.83 bits per heavy atom. The van der Waals surface area contributed by atoms with Crippen LogP contribution < -0.4 is 20.1 Å². The summed E-state index contributed by atoms with van der Waals surface area (Å²) in [4.78, 5) is 14.1. The van der Waals surface area contributed by atoms with Gasteiger partial charge < -0.3 is 20.1 Å². The largest absolute Gasteiger partial charge is 0.454 e. The maximum Gasteiger partial charge on any atom is 0.247 e. The van der Waals surface area contributed by atoms with Gasteiger partial charge in [-0.05, 0) is 54.8 Å². The van der Waals surface area contributed by atoms with Gasteiger partial charge in [-0.2, -0.15) is 0 Å². The number of carbonyl (C=O) groups is 1. The minimum absolute atomic E-state index is 0.0593. The average molecular weight is 310 g/mol. The third kappa shape index (κ3) is 2.08. The standard InChI is InChI=1S/C18H18N2O3/c1-10-3-5-13(7-11(10)2)20-17(16(19)18(20)21)12-4-6-14-15(8-12)23-9-22-14/h3-8,16-17H,9,19H2,1-2H3/t16-,17+/m0/s1. The third-order valence-electron chi connectivity index (χ3n) is 4.65. The van der Waals surface area contributed by atoms with Gasteiger partial charge in [0.05, 0.1) is 6.04 Å². The Kier molecular flexibility index (Phi) is 3.06. The summed E-state index contributed by atoms with van der Waals surface area (Å²) in [6.45, 7) is 4.33. The molecule has 2 heterocycles. The highest BCUT2D eigenvalue weighted by molar-refractivity contribution is 6.05. The lowest BCUT2D eigenvalue weighted by Crippen LogP contribution is -2.63. The van der Waals surface area contributed by atoms with E-state index < -0.39 is 6.04 Å². The number of aryl methyl sites for hydroxylation is 2. The fraction of sp³-hybridized carbons (Fsp3) is 0.278. The van der Waals surface area contributed by atoms with Crippen LogP contribution in [0.25, 0.3) is 0 Å². The van der Waals surface area contributed by atoms with E-state index >= 15 is 0 Å². The van der Waals surface area contributed by atoms with E-state index in [4.69, 9.17) is 15.2 Å². The van der Waals surface area contributed by atoms with Crippen molar-refractivity contribution in [1.29, 1.82) is 0 Å². The molecule has 0 bridgehead atoms. The number of ether oxygens (including phenoxy) is 2. The van der Waals surface area contributed by atoms with Gasteiger partial charge in [0.25, 0.3) is 0 Å². The number of nitrogens with zero attached hydrogens (tertiary/aromatic N) is 1. The molecule has 2 aliphatic rings. The monoisotopic (exact) mass is 310 g/mol. The Morgan fingerprint density at radius 3 is 2.61 bits per heavy atom. The van der Waals surface area contributed by atoms with Crippen molar-refractivity contribution >= 4 is 11.6 Å². The molecule has 0 radical (unpaired) electrons. The van der Waals surface area contributed by atoms with E-state index in [0.717, 1.165) is 22.6 Å². The third-order valence-corrected chi connectivity index (χ3v) is 4.65. The number of anilines is 1. The number of benzene rings is 2. The lowest BCUT2D eigenvalue weighted by Gasteiger charge is -2.45. The van der Waals surface area contributed by atoms with Gasteiger partial charge in [-0.15, -0.1) is 0 Å². The summed E-state index contributed by atoms with van der Waals surface area (Å²) in [5.74, 6) is 1.37. The van der Waals surface area contributed by atoms with Gasteiger partial charge in [-0.25, -0.2) is 0 Å². The van der Waals surface area contributed by atoms with Crippen LogP contribution in [0.1, 0.15) is 22.7 Å². The van der Waals surface area contributed by atoms with Crippen LogP contribution in [-0.4, -0.2) is 18.7 Å². The minimum Gasteiger partial charge on any atom is -0.454 e. The first kappa shape index (κ1) is 14.1. The van der Waals surface area contributed by atoms with E-state index in [0.29, 0.717) is 5.75 Å². The predicted molar refractivity (Wildman–Crippen MR) is 86.7 cm³/mol. The quantitative estimate of drug-likeness (QED) is 0.865. The molecule has 1 saturated heterocycles. The van der Waals surface area contributed by atoms with Crippen molar-refractivity contribution in [2.24, 2.45) is 5.73 Å². The Bertz CT molecular complexity index is 803. The molecule has 0 unspecified atom stereocenters. The van der Waals surface area contributed by atoms with Crippen molar-refractivity contribution in [3.05, 3.63) is 53.1 Å². The molecular weight excluding hydrogens is 292 g/mol.